The second-order valence-corrected chi connectivity index (χ2v) is 5.74. The zero-order valence-corrected chi connectivity index (χ0v) is 12.4. The number of hydrogen-bond acceptors (Lipinski definition) is 2. The number of para-hydroxylation sites is 2. The maximum Gasteiger partial charge on any atom is 0.144 e. The number of aliphatic hydroxyl groups is 1. The second kappa shape index (κ2) is 4.72. The van der Waals surface area contributed by atoms with Gasteiger partial charge in [-0.15, -0.1) is 0 Å². The molecule has 0 amide bonds. The maximum absolute atomic E-state index is 11.8. The number of anilines is 2. The Balaban J connectivity index is 2.09. The molecule has 0 aliphatic carbocycles. The first-order valence-electron chi connectivity index (χ1n) is 7.46. The smallest absolute Gasteiger partial charge is 0.144 e. The maximum atomic E-state index is 11.8. The summed E-state index contributed by atoms with van der Waals surface area (Å²) in [6.45, 7) is 2.04. The normalized spacial score (nSPS) is 14.6. The van der Waals surface area contributed by atoms with Crippen LogP contribution in [0.2, 0.25) is 0 Å². The Kier molecular flexibility index (Phi) is 2.81. The van der Waals surface area contributed by atoms with Crippen LogP contribution in [-0.2, 0) is 5.60 Å². The lowest BCUT2D eigenvalue weighted by Gasteiger charge is -2.38. The first-order valence-corrected chi connectivity index (χ1v) is 7.46. The summed E-state index contributed by atoms with van der Waals surface area (Å²) in [6.07, 6.45) is 0. The van der Waals surface area contributed by atoms with Gasteiger partial charge in [-0.2, -0.15) is 0 Å². The van der Waals surface area contributed by atoms with Gasteiger partial charge >= 0.3 is 0 Å². The Morgan fingerprint density at radius 3 is 1.68 bits per heavy atom. The number of fused-ring (bicyclic) bond motifs is 2. The van der Waals surface area contributed by atoms with E-state index in [9.17, 15) is 5.11 Å². The largest absolute Gasteiger partial charge is 0.376 e. The number of hydrogen-bond donors (Lipinski definition) is 2. The number of benzene rings is 3. The minimum absolute atomic E-state index is 0.892. The molecular weight excluding hydrogens is 270 g/mol. The second-order valence-electron chi connectivity index (χ2n) is 5.74. The summed E-state index contributed by atoms with van der Waals surface area (Å²) >= 11 is 0. The van der Waals surface area contributed by atoms with E-state index in [0.29, 0.717) is 0 Å². The van der Waals surface area contributed by atoms with Crippen molar-refractivity contribution < 1.29 is 5.11 Å². The molecule has 1 aliphatic heterocycles. The predicted molar refractivity (Wildman–Crippen MR) is 89.4 cm³/mol. The number of rotatable bonds is 1. The fourth-order valence-corrected chi connectivity index (χ4v) is 3.37. The summed E-state index contributed by atoms with van der Waals surface area (Å²) in [5.41, 5.74) is 4.56. The first kappa shape index (κ1) is 13.1. The van der Waals surface area contributed by atoms with Crippen molar-refractivity contribution in [1.29, 1.82) is 0 Å². The van der Waals surface area contributed by atoms with Gasteiger partial charge < -0.3 is 10.4 Å². The van der Waals surface area contributed by atoms with Gasteiger partial charge in [0.1, 0.15) is 5.60 Å². The Labute approximate surface area is 130 Å². The molecule has 4 rings (SSSR count). The van der Waals surface area contributed by atoms with E-state index in [2.05, 4.69) is 5.32 Å². The molecule has 0 unspecified atom stereocenters. The summed E-state index contributed by atoms with van der Waals surface area (Å²) < 4.78 is 0. The highest BCUT2D eigenvalue weighted by atomic mass is 16.3. The molecule has 0 aromatic heterocycles. The predicted octanol–water partition coefficient (Wildman–Crippen LogP) is 4.34. The topological polar surface area (TPSA) is 32.3 Å². The van der Waals surface area contributed by atoms with Gasteiger partial charge in [0.2, 0.25) is 0 Å². The van der Waals surface area contributed by atoms with Gasteiger partial charge in [-0.05, 0) is 30.2 Å². The van der Waals surface area contributed by atoms with Crippen molar-refractivity contribution >= 4 is 11.4 Å². The lowest BCUT2D eigenvalue weighted by molar-refractivity contribution is 0.125. The molecule has 2 heteroatoms. The van der Waals surface area contributed by atoms with E-state index in [-0.39, 0.29) is 0 Å². The molecule has 22 heavy (non-hydrogen) atoms. The highest BCUT2D eigenvalue weighted by Crippen LogP contribution is 2.48. The molecule has 0 fully saturated rings. The molecule has 3 aromatic rings. The van der Waals surface area contributed by atoms with Crippen LogP contribution in [0, 0.1) is 6.92 Å². The Morgan fingerprint density at radius 1 is 0.682 bits per heavy atom. The van der Waals surface area contributed by atoms with Gasteiger partial charge in [0, 0.05) is 22.5 Å². The molecule has 0 atom stereocenters. The molecule has 0 spiro atoms. The van der Waals surface area contributed by atoms with Gasteiger partial charge in [-0.1, -0.05) is 60.7 Å². The SMILES string of the molecule is Cc1ccccc1C1(O)c2ccccc2Nc2ccccc21. The molecule has 2 nitrogen and oxygen atoms in total. The van der Waals surface area contributed by atoms with E-state index in [1.807, 2.05) is 79.7 Å². The molecular formula is C20H17NO. The Morgan fingerprint density at radius 2 is 1.14 bits per heavy atom. The van der Waals surface area contributed by atoms with Crippen LogP contribution in [0.3, 0.4) is 0 Å². The third kappa shape index (κ3) is 1.71. The van der Waals surface area contributed by atoms with E-state index < -0.39 is 5.60 Å². The van der Waals surface area contributed by atoms with Crippen LogP contribution in [0.25, 0.3) is 0 Å². The van der Waals surface area contributed by atoms with Gasteiger partial charge in [-0.3, -0.25) is 0 Å². The lowest BCUT2D eigenvalue weighted by atomic mass is 9.75. The molecule has 1 heterocycles. The van der Waals surface area contributed by atoms with E-state index >= 15 is 0 Å². The van der Waals surface area contributed by atoms with Crippen molar-refractivity contribution in [1.82, 2.24) is 0 Å². The average Bonchev–Trinajstić information content (AvgIpc) is 2.55. The summed E-state index contributed by atoms with van der Waals surface area (Å²) in [4.78, 5) is 0. The van der Waals surface area contributed by atoms with Crippen molar-refractivity contribution in [2.45, 2.75) is 12.5 Å². The molecule has 0 saturated heterocycles. The van der Waals surface area contributed by atoms with Gasteiger partial charge in [0.05, 0.1) is 0 Å². The van der Waals surface area contributed by atoms with E-state index in [4.69, 9.17) is 0 Å². The van der Waals surface area contributed by atoms with Crippen LogP contribution >= 0.6 is 0 Å². The Bertz CT molecular complexity index is 790. The Hall–Kier alpha value is -2.58. The van der Waals surface area contributed by atoms with Crippen LogP contribution in [-0.4, -0.2) is 5.11 Å². The zero-order valence-electron chi connectivity index (χ0n) is 12.4. The van der Waals surface area contributed by atoms with Crippen molar-refractivity contribution in [2.75, 3.05) is 5.32 Å². The fraction of sp³-hybridized carbons (Fsp3) is 0.100. The summed E-state index contributed by atoms with van der Waals surface area (Å²) in [6, 6.07) is 23.9. The molecule has 0 radical (unpaired) electrons. The molecule has 0 saturated carbocycles. The van der Waals surface area contributed by atoms with Crippen molar-refractivity contribution in [2.24, 2.45) is 0 Å². The fourth-order valence-electron chi connectivity index (χ4n) is 3.37. The quantitative estimate of drug-likeness (QED) is 0.698. The molecule has 2 N–H and O–H groups in total. The molecule has 1 aliphatic rings. The van der Waals surface area contributed by atoms with Crippen molar-refractivity contribution in [3.05, 3.63) is 95.1 Å². The summed E-state index contributed by atoms with van der Waals surface area (Å²) in [5.74, 6) is 0. The van der Waals surface area contributed by atoms with Crippen LogP contribution in [0.5, 0.6) is 0 Å². The zero-order chi connectivity index (χ0) is 15.2. The minimum atomic E-state index is -1.14. The van der Waals surface area contributed by atoms with E-state index in [0.717, 1.165) is 33.6 Å². The summed E-state index contributed by atoms with van der Waals surface area (Å²) in [7, 11) is 0. The number of aryl methyl sites for hydroxylation is 1. The highest BCUT2D eigenvalue weighted by molar-refractivity contribution is 5.77. The number of nitrogens with one attached hydrogen (secondary N) is 1. The average molecular weight is 287 g/mol. The van der Waals surface area contributed by atoms with Crippen molar-refractivity contribution in [3.8, 4) is 0 Å². The van der Waals surface area contributed by atoms with Crippen LogP contribution in [0.15, 0.2) is 72.8 Å². The molecule has 0 bridgehead atoms. The van der Waals surface area contributed by atoms with Gasteiger partial charge in [0.15, 0.2) is 0 Å². The molecule has 108 valence electrons. The van der Waals surface area contributed by atoms with Gasteiger partial charge in [-0.25, -0.2) is 0 Å². The third-order valence-corrected chi connectivity index (χ3v) is 4.44. The third-order valence-electron chi connectivity index (χ3n) is 4.44. The van der Waals surface area contributed by atoms with Crippen LogP contribution in [0.4, 0.5) is 11.4 Å². The van der Waals surface area contributed by atoms with E-state index in [1.54, 1.807) is 0 Å². The lowest BCUT2D eigenvalue weighted by Crippen LogP contribution is -2.34. The van der Waals surface area contributed by atoms with E-state index in [1.165, 1.54) is 0 Å². The monoisotopic (exact) mass is 287 g/mol. The van der Waals surface area contributed by atoms with Crippen LogP contribution < -0.4 is 5.32 Å². The van der Waals surface area contributed by atoms with Crippen LogP contribution in [0.1, 0.15) is 22.3 Å². The molecule has 3 aromatic carbocycles. The van der Waals surface area contributed by atoms with Gasteiger partial charge in [0.25, 0.3) is 0 Å². The highest BCUT2D eigenvalue weighted by Gasteiger charge is 2.41. The van der Waals surface area contributed by atoms with Crippen molar-refractivity contribution in [3.63, 3.8) is 0 Å². The standard InChI is InChI=1S/C20H17NO/c1-14-8-2-3-9-15(14)20(22)16-10-4-6-12-18(16)21-19-13-7-5-11-17(19)20/h2-13,21-22H,1H3. The summed E-state index contributed by atoms with van der Waals surface area (Å²) in [5, 5.41) is 15.2. The minimum Gasteiger partial charge on any atom is -0.376 e. The first-order chi connectivity index (χ1) is 10.7.